The highest BCUT2D eigenvalue weighted by atomic mass is 35.5. The second kappa shape index (κ2) is 16.3. The van der Waals surface area contributed by atoms with Gasteiger partial charge in [-0.05, 0) is 90.4 Å². The summed E-state index contributed by atoms with van der Waals surface area (Å²) in [6.07, 6.45) is -1.21. The summed E-state index contributed by atoms with van der Waals surface area (Å²) < 4.78 is 129. The maximum Gasteiger partial charge on any atom is 0.490 e. The molecule has 2 aliphatic rings. The average molecular weight is 818 g/mol. The molecule has 1 saturated heterocycles. The molecule has 18 heteroatoms. The van der Waals surface area contributed by atoms with Crippen molar-refractivity contribution in [3.05, 3.63) is 95.5 Å². The number of nitrogens with two attached hydrogens (primary N) is 1. The maximum absolute atomic E-state index is 16.4. The quantitative estimate of drug-likeness (QED) is 0.147. The van der Waals surface area contributed by atoms with Crippen LogP contribution in [0.5, 0.6) is 5.75 Å². The SMILES string of the molecule is N[C@@H]1CCN(C(=O)[C@H](NS(=O)(=O)c2ccc3cc(OC4CCCC4)ccc3c2)C(F)(F)c2ccc(-c3ccc(Cl)cc3)cc2)CC1(F)F.O=C(O)C(F)(F)F. The van der Waals surface area contributed by atoms with Gasteiger partial charge >= 0.3 is 12.1 Å². The van der Waals surface area contributed by atoms with Gasteiger partial charge in [-0.15, -0.1) is 0 Å². The molecule has 1 aliphatic carbocycles. The van der Waals surface area contributed by atoms with Gasteiger partial charge in [0.1, 0.15) is 5.75 Å². The molecule has 0 aromatic heterocycles. The number of hydrogen-bond donors (Lipinski definition) is 3. The molecule has 1 amide bonds. The summed E-state index contributed by atoms with van der Waals surface area (Å²) in [5.74, 6) is -11.3. The summed E-state index contributed by atoms with van der Waals surface area (Å²) in [6.45, 7) is -1.57. The Kier molecular flexibility index (Phi) is 12.4. The van der Waals surface area contributed by atoms with Gasteiger partial charge in [0.25, 0.3) is 11.8 Å². The van der Waals surface area contributed by atoms with E-state index in [1.54, 1.807) is 42.5 Å². The molecule has 1 saturated carbocycles. The lowest BCUT2D eigenvalue weighted by Crippen LogP contribution is -2.62. The lowest BCUT2D eigenvalue weighted by Gasteiger charge is -2.39. The molecule has 55 heavy (non-hydrogen) atoms. The molecule has 2 fully saturated rings. The number of nitrogens with zero attached hydrogens (tertiary/aromatic N) is 1. The lowest BCUT2D eigenvalue weighted by atomic mass is 9.95. The van der Waals surface area contributed by atoms with Gasteiger partial charge in [0.15, 0.2) is 6.04 Å². The van der Waals surface area contributed by atoms with Crippen LogP contribution >= 0.6 is 11.6 Å². The lowest BCUT2D eigenvalue weighted by molar-refractivity contribution is -0.192. The van der Waals surface area contributed by atoms with Crippen LogP contribution in [-0.2, 0) is 25.5 Å². The molecule has 0 bridgehead atoms. The number of likely N-dealkylation sites (tertiary alicyclic amines) is 1. The van der Waals surface area contributed by atoms with Gasteiger partial charge in [-0.3, -0.25) is 4.79 Å². The van der Waals surface area contributed by atoms with E-state index < -0.39 is 64.1 Å². The summed E-state index contributed by atoms with van der Waals surface area (Å²) in [5, 5.41) is 8.77. The van der Waals surface area contributed by atoms with E-state index in [0.29, 0.717) is 37.6 Å². The fourth-order valence-corrected chi connectivity index (χ4v) is 7.52. The van der Waals surface area contributed by atoms with Crippen LogP contribution in [0.25, 0.3) is 21.9 Å². The summed E-state index contributed by atoms with van der Waals surface area (Å²) >= 11 is 5.95. The van der Waals surface area contributed by atoms with Gasteiger partial charge in [-0.25, -0.2) is 22.0 Å². The number of carbonyl (C=O) groups excluding carboxylic acids is 1. The monoisotopic (exact) mass is 817 g/mol. The number of amides is 1. The molecule has 0 spiro atoms. The number of nitrogens with one attached hydrogen (secondary N) is 1. The normalized spacial score (nSPS) is 18.3. The van der Waals surface area contributed by atoms with E-state index in [2.05, 4.69) is 0 Å². The Labute approximate surface area is 316 Å². The Morgan fingerprint density at radius 2 is 1.42 bits per heavy atom. The molecule has 296 valence electrons. The number of carbonyl (C=O) groups is 2. The van der Waals surface area contributed by atoms with Gasteiger partial charge in [-0.2, -0.15) is 26.7 Å². The van der Waals surface area contributed by atoms with E-state index in [0.717, 1.165) is 37.8 Å². The van der Waals surface area contributed by atoms with Crippen molar-refractivity contribution in [2.75, 3.05) is 13.1 Å². The third kappa shape index (κ3) is 10.1. The number of hydrogen-bond acceptors (Lipinski definition) is 6. The van der Waals surface area contributed by atoms with Crippen LogP contribution in [0.4, 0.5) is 30.7 Å². The van der Waals surface area contributed by atoms with E-state index in [1.807, 2.05) is 4.72 Å². The molecule has 6 rings (SSSR count). The Bertz CT molecular complexity index is 2110. The van der Waals surface area contributed by atoms with Crippen LogP contribution in [-0.4, -0.2) is 73.7 Å². The number of carboxylic acids is 1. The van der Waals surface area contributed by atoms with Crippen molar-refractivity contribution in [1.82, 2.24) is 9.62 Å². The Morgan fingerprint density at radius 1 is 0.873 bits per heavy atom. The zero-order valence-electron chi connectivity index (χ0n) is 28.7. The smallest absolute Gasteiger partial charge is 0.490 e. The minimum Gasteiger partial charge on any atom is -0.490 e. The highest BCUT2D eigenvalue weighted by Crippen LogP contribution is 2.37. The largest absolute Gasteiger partial charge is 0.490 e. The number of piperidine rings is 1. The standard InChI is InChI=1S/C35H34ClF4N3O4S.C2HF3O2/c36-27-13-7-23(8-14-27)22-5-11-26(12-6-22)35(39,40)32(33(44)43-18-17-31(41)34(37,38)21-43)42-48(45,46)30-16-10-24-19-29(15-9-25(24)20-30)47-28-3-1-2-4-28;3-2(4,5)1(6)7/h5-16,19-20,28,31-32,42H,1-4,17-18,21,41H2;(H,6,7)/t31-,32+;/m1./s1. The van der Waals surface area contributed by atoms with Gasteiger partial charge in [0.2, 0.25) is 15.9 Å². The van der Waals surface area contributed by atoms with E-state index >= 15 is 8.78 Å². The summed E-state index contributed by atoms with van der Waals surface area (Å²) in [4.78, 5) is 22.7. The molecular formula is C37H35ClF7N3O6S. The second-order valence-corrected chi connectivity index (χ2v) is 15.3. The van der Waals surface area contributed by atoms with Crippen molar-refractivity contribution in [2.24, 2.45) is 5.73 Å². The van der Waals surface area contributed by atoms with Crippen molar-refractivity contribution < 1.29 is 58.6 Å². The van der Waals surface area contributed by atoms with Crippen LogP contribution in [0.2, 0.25) is 5.02 Å². The molecule has 0 radical (unpaired) electrons. The number of alkyl halides is 7. The van der Waals surface area contributed by atoms with E-state index in [4.69, 9.17) is 32.0 Å². The van der Waals surface area contributed by atoms with Gasteiger partial charge in [0.05, 0.1) is 23.6 Å². The number of benzene rings is 4. The van der Waals surface area contributed by atoms with Crippen LogP contribution in [0.15, 0.2) is 89.8 Å². The second-order valence-electron chi connectivity index (χ2n) is 13.2. The molecule has 1 aliphatic heterocycles. The van der Waals surface area contributed by atoms with Crippen molar-refractivity contribution in [3.8, 4) is 16.9 Å². The zero-order chi connectivity index (χ0) is 40.3. The number of rotatable bonds is 9. The van der Waals surface area contributed by atoms with Crippen molar-refractivity contribution in [1.29, 1.82) is 0 Å². The Morgan fingerprint density at radius 3 is 1.98 bits per heavy atom. The Hall–Kier alpha value is -4.45. The average Bonchev–Trinajstić information content (AvgIpc) is 3.64. The molecule has 2 atom stereocenters. The van der Waals surface area contributed by atoms with Crippen molar-refractivity contribution in [2.45, 2.75) is 73.2 Å². The first-order valence-electron chi connectivity index (χ1n) is 16.9. The fourth-order valence-electron chi connectivity index (χ4n) is 6.17. The minimum absolute atomic E-state index is 0.117. The third-order valence-corrected chi connectivity index (χ3v) is 10.9. The maximum atomic E-state index is 16.4. The van der Waals surface area contributed by atoms with Crippen molar-refractivity contribution in [3.63, 3.8) is 0 Å². The van der Waals surface area contributed by atoms with Gasteiger partial charge < -0.3 is 20.5 Å². The predicted octanol–water partition coefficient (Wildman–Crippen LogP) is 7.75. The molecule has 1 heterocycles. The predicted molar refractivity (Wildman–Crippen MR) is 190 cm³/mol. The number of ether oxygens (including phenoxy) is 1. The number of halogens is 8. The van der Waals surface area contributed by atoms with Crippen LogP contribution < -0.4 is 15.2 Å². The summed E-state index contributed by atoms with van der Waals surface area (Å²) in [5.41, 5.74) is 6.07. The first kappa shape index (κ1) is 41.7. The Balaban J connectivity index is 0.000000757. The van der Waals surface area contributed by atoms with Crippen LogP contribution in [0, 0.1) is 0 Å². The van der Waals surface area contributed by atoms with Gasteiger partial charge in [0, 0.05) is 17.1 Å². The third-order valence-electron chi connectivity index (χ3n) is 9.24. The van der Waals surface area contributed by atoms with E-state index in [1.165, 1.54) is 30.3 Å². The fraction of sp³-hybridized carbons (Fsp3) is 0.351. The highest BCUT2D eigenvalue weighted by molar-refractivity contribution is 7.89. The first-order valence-corrected chi connectivity index (χ1v) is 18.7. The van der Waals surface area contributed by atoms with E-state index in [-0.39, 0.29) is 24.0 Å². The minimum atomic E-state index is -5.08. The summed E-state index contributed by atoms with van der Waals surface area (Å²) in [7, 11) is -4.78. The van der Waals surface area contributed by atoms with Crippen molar-refractivity contribution >= 4 is 44.3 Å². The summed E-state index contributed by atoms with van der Waals surface area (Å²) in [6, 6.07) is 16.5. The number of sulfonamides is 1. The molecule has 0 unspecified atom stereocenters. The molecule has 4 aromatic rings. The number of fused-ring (bicyclic) bond motifs is 1. The molecule has 4 N–H and O–H groups in total. The molecular weight excluding hydrogens is 783 g/mol. The number of carboxylic acid groups (broad SMARTS) is 1. The number of aliphatic carboxylic acids is 1. The molecule has 9 nitrogen and oxygen atoms in total. The molecule has 4 aromatic carbocycles. The van der Waals surface area contributed by atoms with Crippen LogP contribution in [0.1, 0.15) is 37.7 Å². The topological polar surface area (TPSA) is 139 Å². The van der Waals surface area contributed by atoms with E-state index in [9.17, 15) is 35.2 Å². The van der Waals surface area contributed by atoms with Gasteiger partial charge in [-0.1, -0.05) is 60.1 Å². The highest BCUT2D eigenvalue weighted by Gasteiger charge is 2.52. The van der Waals surface area contributed by atoms with Crippen LogP contribution in [0.3, 0.4) is 0 Å². The first-order chi connectivity index (χ1) is 25.7. The zero-order valence-corrected chi connectivity index (χ0v) is 30.3.